The summed E-state index contributed by atoms with van der Waals surface area (Å²) in [5, 5.41) is 0. The minimum atomic E-state index is 0. The Bertz CT molecular complexity index is 127. The van der Waals surface area contributed by atoms with E-state index in [9.17, 15) is 0 Å². The third-order valence-electron chi connectivity index (χ3n) is 0.763. The van der Waals surface area contributed by atoms with Crippen molar-refractivity contribution in [2.75, 3.05) is 7.11 Å². The molecule has 0 aromatic heterocycles. The van der Waals surface area contributed by atoms with Crippen LogP contribution >= 0.6 is 0 Å². The van der Waals surface area contributed by atoms with Crippen LogP contribution in [0.25, 0.3) is 0 Å². The fourth-order valence-corrected chi connectivity index (χ4v) is 0.385. The van der Waals surface area contributed by atoms with Gasteiger partial charge in [0.25, 0.3) is 6.47 Å². The van der Waals surface area contributed by atoms with Crippen LogP contribution in [0.2, 0.25) is 0 Å². The van der Waals surface area contributed by atoms with Gasteiger partial charge in [-0.25, -0.2) is 0 Å². The Kier molecular flexibility index (Phi) is 13.0. The Morgan fingerprint density at radius 1 is 1.00 bits per heavy atom. The summed E-state index contributed by atoms with van der Waals surface area (Å²) in [6.07, 6.45) is 0. The minimum Gasteiger partial charge on any atom is -0.471 e. The van der Waals surface area contributed by atoms with Crippen LogP contribution < -0.4 is 0 Å². The predicted octanol–water partition coefficient (Wildman–Crippen LogP) is 0.292. The van der Waals surface area contributed by atoms with Gasteiger partial charge in [0.1, 0.15) is 0 Å². The molecule has 0 heterocycles. The number of ether oxygens (including phenoxy) is 1. The highest BCUT2D eigenvalue weighted by Crippen LogP contribution is 1.79. The molecule has 0 amide bonds. The summed E-state index contributed by atoms with van der Waals surface area (Å²) in [5.74, 6) is 0. The predicted molar refractivity (Wildman–Crippen MR) is 49.5 cm³/mol. The van der Waals surface area contributed by atoms with Crippen molar-refractivity contribution in [2.24, 2.45) is 0 Å². The molecule has 11 heavy (non-hydrogen) atoms. The zero-order valence-corrected chi connectivity index (χ0v) is 5.86. The number of hydrogen-bond acceptors (Lipinski definition) is 2. The molecule has 1 aromatic rings. The van der Waals surface area contributed by atoms with E-state index in [2.05, 4.69) is 4.74 Å². The highest BCUT2D eigenvalue weighted by atomic mass is 16.5. The van der Waals surface area contributed by atoms with Gasteiger partial charge in [-0.3, -0.25) is 4.79 Å². The van der Waals surface area contributed by atoms with Crippen LogP contribution in [0, 0.1) is 0 Å². The van der Waals surface area contributed by atoms with E-state index in [0.29, 0.717) is 6.47 Å². The summed E-state index contributed by atoms with van der Waals surface area (Å²) in [7, 11) is 1.31. The van der Waals surface area contributed by atoms with Crippen LogP contribution in [0.1, 0.15) is 0 Å². The normalized spacial score (nSPS) is 6.27. The fourth-order valence-electron chi connectivity index (χ4n) is 0.385. The first-order chi connectivity index (χ1) is 4.91. The first kappa shape index (κ1) is 12.4. The number of rotatable bonds is 1. The highest BCUT2D eigenvalue weighted by Gasteiger charge is 1.57. The van der Waals surface area contributed by atoms with Crippen LogP contribution in [0.15, 0.2) is 36.4 Å². The van der Waals surface area contributed by atoms with Crippen molar-refractivity contribution in [2.45, 2.75) is 0 Å². The zero-order chi connectivity index (χ0) is 7.66. The van der Waals surface area contributed by atoms with Crippen molar-refractivity contribution in [1.82, 2.24) is 0 Å². The van der Waals surface area contributed by atoms with Crippen molar-refractivity contribution < 1.29 is 9.53 Å². The smallest absolute Gasteiger partial charge is 0.292 e. The first-order valence-electron chi connectivity index (χ1n) is 2.88. The first-order valence-corrected chi connectivity index (χ1v) is 2.88. The minimum absolute atomic E-state index is 0. The molecule has 0 aliphatic heterocycles. The topological polar surface area (TPSA) is 26.3 Å². The molecule has 0 saturated carbocycles. The Morgan fingerprint density at radius 3 is 1.27 bits per heavy atom. The van der Waals surface area contributed by atoms with Gasteiger partial charge in [0.15, 0.2) is 0 Å². The molecule has 0 N–H and O–H groups in total. The summed E-state index contributed by atoms with van der Waals surface area (Å²) < 4.78 is 3.86. The Morgan fingerprint density at radius 2 is 1.18 bits per heavy atom. The van der Waals surface area contributed by atoms with E-state index in [1.165, 1.54) is 7.11 Å². The van der Waals surface area contributed by atoms with Gasteiger partial charge in [-0.1, -0.05) is 36.4 Å². The molecular formula is C8H13BO2. The largest absolute Gasteiger partial charge is 0.471 e. The quantitative estimate of drug-likeness (QED) is 0.427. The van der Waals surface area contributed by atoms with E-state index < -0.39 is 0 Å². The molecule has 0 radical (unpaired) electrons. The third-order valence-corrected chi connectivity index (χ3v) is 0.763. The third kappa shape index (κ3) is 12.1. The van der Waals surface area contributed by atoms with Crippen molar-refractivity contribution >= 4 is 14.9 Å². The second-order valence-electron chi connectivity index (χ2n) is 1.49. The van der Waals surface area contributed by atoms with Gasteiger partial charge in [0.05, 0.1) is 15.5 Å². The number of hydrogen-bond donors (Lipinski definition) is 0. The van der Waals surface area contributed by atoms with Gasteiger partial charge in [0.2, 0.25) is 0 Å². The molecule has 0 fully saturated rings. The molecule has 60 valence electrons. The maximum absolute atomic E-state index is 8.95. The molecule has 3 heteroatoms. The van der Waals surface area contributed by atoms with Gasteiger partial charge >= 0.3 is 0 Å². The molecule has 1 aromatic carbocycles. The monoisotopic (exact) mass is 152 g/mol. The van der Waals surface area contributed by atoms with Crippen LogP contribution in [0.5, 0.6) is 0 Å². The van der Waals surface area contributed by atoms with E-state index in [-0.39, 0.29) is 8.41 Å². The lowest BCUT2D eigenvalue weighted by Gasteiger charge is -1.69. The Balaban J connectivity index is 0. The molecule has 0 bridgehead atoms. The molecule has 0 unspecified atom stereocenters. The van der Waals surface area contributed by atoms with Crippen molar-refractivity contribution in [3.05, 3.63) is 36.4 Å². The van der Waals surface area contributed by atoms with Gasteiger partial charge < -0.3 is 4.74 Å². The van der Waals surface area contributed by atoms with Gasteiger partial charge in [-0.15, -0.1) is 0 Å². The fraction of sp³-hybridized carbons (Fsp3) is 0.125. The van der Waals surface area contributed by atoms with Crippen LogP contribution in [0.4, 0.5) is 0 Å². The summed E-state index contributed by atoms with van der Waals surface area (Å²) in [6, 6.07) is 12.0. The van der Waals surface area contributed by atoms with Crippen LogP contribution in [0.3, 0.4) is 0 Å². The van der Waals surface area contributed by atoms with E-state index in [0.717, 1.165) is 0 Å². The molecule has 0 aliphatic rings. The molecule has 0 spiro atoms. The Hall–Kier alpha value is -1.25. The number of benzene rings is 1. The van der Waals surface area contributed by atoms with Crippen LogP contribution in [-0.2, 0) is 9.53 Å². The SMILES string of the molecule is B.COC=O.c1ccccc1. The molecule has 1 rings (SSSR count). The number of methoxy groups -OCH3 is 1. The standard InChI is InChI=1S/C6H6.C2H4O2.BH3/c1-2-4-6-5-3-1;1-4-2-3;/h1-6H;2H,1H3;1H3. The van der Waals surface area contributed by atoms with Crippen molar-refractivity contribution in [3.63, 3.8) is 0 Å². The van der Waals surface area contributed by atoms with E-state index in [1.54, 1.807) is 0 Å². The lowest BCUT2D eigenvalue weighted by molar-refractivity contribution is -0.126. The maximum atomic E-state index is 8.95. The lowest BCUT2D eigenvalue weighted by Crippen LogP contribution is -1.68. The van der Waals surface area contributed by atoms with Crippen molar-refractivity contribution in [3.8, 4) is 0 Å². The molecule has 0 saturated heterocycles. The average molecular weight is 152 g/mol. The number of carbonyl (C=O) groups excluding carboxylic acids is 1. The summed E-state index contributed by atoms with van der Waals surface area (Å²) in [4.78, 5) is 8.95. The molecule has 0 atom stereocenters. The van der Waals surface area contributed by atoms with Crippen LogP contribution in [-0.4, -0.2) is 22.0 Å². The highest BCUT2D eigenvalue weighted by molar-refractivity contribution is 5.75. The molecule has 0 aliphatic carbocycles. The van der Waals surface area contributed by atoms with E-state index >= 15 is 0 Å². The van der Waals surface area contributed by atoms with Crippen molar-refractivity contribution in [1.29, 1.82) is 0 Å². The van der Waals surface area contributed by atoms with Gasteiger partial charge in [-0.05, 0) is 0 Å². The second-order valence-corrected chi connectivity index (χ2v) is 1.49. The molecule has 2 nitrogen and oxygen atoms in total. The summed E-state index contributed by atoms with van der Waals surface area (Å²) >= 11 is 0. The zero-order valence-electron chi connectivity index (χ0n) is 5.86. The second kappa shape index (κ2) is 11.5. The lowest BCUT2D eigenvalue weighted by atomic mass is 10.4. The number of carbonyl (C=O) groups is 1. The van der Waals surface area contributed by atoms with Gasteiger partial charge in [0, 0.05) is 0 Å². The molecular weight excluding hydrogens is 139 g/mol. The maximum Gasteiger partial charge on any atom is 0.292 e. The van der Waals surface area contributed by atoms with E-state index in [1.807, 2.05) is 36.4 Å². The summed E-state index contributed by atoms with van der Waals surface area (Å²) in [6.45, 7) is 0.375. The Labute approximate surface area is 68.8 Å². The summed E-state index contributed by atoms with van der Waals surface area (Å²) in [5.41, 5.74) is 0. The average Bonchev–Trinajstić information content (AvgIpc) is 2.08. The van der Waals surface area contributed by atoms with Gasteiger partial charge in [-0.2, -0.15) is 0 Å². The van der Waals surface area contributed by atoms with E-state index in [4.69, 9.17) is 4.79 Å².